The van der Waals surface area contributed by atoms with Gasteiger partial charge in [0.1, 0.15) is 11.5 Å². The number of hydrogen-bond acceptors (Lipinski definition) is 5. The van der Waals surface area contributed by atoms with Crippen molar-refractivity contribution in [2.45, 2.75) is 25.9 Å². The summed E-state index contributed by atoms with van der Waals surface area (Å²) in [7, 11) is 1.55. The van der Waals surface area contributed by atoms with Gasteiger partial charge in [-0.05, 0) is 18.6 Å². The third-order valence-corrected chi connectivity index (χ3v) is 3.71. The fourth-order valence-corrected chi connectivity index (χ4v) is 2.53. The molecule has 1 aliphatic heterocycles. The van der Waals surface area contributed by atoms with E-state index in [9.17, 15) is 9.59 Å². The van der Waals surface area contributed by atoms with Crippen LogP contribution in [-0.4, -0.2) is 61.4 Å². The summed E-state index contributed by atoms with van der Waals surface area (Å²) in [6.45, 7) is 3.49. The van der Waals surface area contributed by atoms with Crippen LogP contribution in [0.1, 0.15) is 30.1 Å². The van der Waals surface area contributed by atoms with Gasteiger partial charge < -0.3 is 24.2 Å². The molecule has 1 saturated heterocycles. The number of ether oxygens (including phenoxy) is 3. The lowest BCUT2D eigenvalue weighted by molar-refractivity contribution is -0.141. The van der Waals surface area contributed by atoms with E-state index in [0.29, 0.717) is 36.8 Å². The lowest BCUT2D eigenvalue weighted by Gasteiger charge is -2.32. The van der Waals surface area contributed by atoms with E-state index in [1.807, 2.05) is 6.92 Å². The highest BCUT2D eigenvalue weighted by molar-refractivity contribution is 5.97. The molecule has 1 unspecified atom stereocenters. The van der Waals surface area contributed by atoms with E-state index in [1.165, 1.54) is 0 Å². The molecule has 0 saturated carbocycles. The Kier molecular flexibility index (Phi) is 6.43. The van der Waals surface area contributed by atoms with Crippen LogP contribution in [0.3, 0.4) is 0 Å². The first-order chi connectivity index (χ1) is 11.5. The fraction of sp³-hybridized carbons (Fsp3) is 0.529. The summed E-state index contributed by atoms with van der Waals surface area (Å²) >= 11 is 0. The molecule has 1 aromatic rings. The maximum absolute atomic E-state index is 12.8. The summed E-state index contributed by atoms with van der Waals surface area (Å²) in [4.78, 5) is 25.3. The second kappa shape index (κ2) is 8.54. The molecule has 2 rings (SSSR count). The van der Waals surface area contributed by atoms with Gasteiger partial charge in [-0.1, -0.05) is 6.92 Å². The average Bonchev–Trinajstić information content (AvgIpc) is 2.58. The molecule has 0 aliphatic carbocycles. The molecule has 1 aromatic carbocycles. The third-order valence-electron chi connectivity index (χ3n) is 3.71. The number of carbonyl (C=O) groups excluding carboxylic acids is 1. The highest BCUT2D eigenvalue weighted by Gasteiger charge is 2.28. The molecule has 1 amide bonds. The predicted molar refractivity (Wildman–Crippen MR) is 86.7 cm³/mol. The first kappa shape index (κ1) is 18.1. The predicted octanol–water partition coefficient (Wildman–Crippen LogP) is 1.80. The van der Waals surface area contributed by atoms with Gasteiger partial charge in [0, 0.05) is 19.2 Å². The average molecular weight is 337 g/mol. The van der Waals surface area contributed by atoms with Gasteiger partial charge in [-0.2, -0.15) is 0 Å². The Bertz CT molecular complexity index is 588. The Morgan fingerprint density at radius 3 is 2.88 bits per heavy atom. The summed E-state index contributed by atoms with van der Waals surface area (Å²) in [5.74, 6) is -0.0426. The zero-order valence-corrected chi connectivity index (χ0v) is 14.0. The monoisotopic (exact) mass is 337 g/mol. The number of carbonyl (C=O) groups is 2. The number of carboxylic acid groups (broad SMARTS) is 1. The van der Waals surface area contributed by atoms with Crippen LogP contribution in [0.25, 0.3) is 0 Å². The summed E-state index contributed by atoms with van der Waals surface area (Å²) in [6.07, 6.45) is 0.216. The van der Waals surface area contributed by atoms with Gasteiger partial charge in [0.15, 0.2) is 0 Å². The van der Waals surface area contributed by atoms with Gasteiger partial charge in [0.25, 0.3) is 5.91 Å². The molecule has 0 spiro atoms. The topological polar surface area (TPSA) is 85.3 Å². The van der Waals surface area contributed by atoms with Crippen LogP contribution >= 0.6 is 0 Å². The zero-order chi connectivity index (χ0) is 17.5. The van der Waals surface area contributed by atoms with Gasteiger partial charge in [-0.15, -0.1) is 0 Å². The van der Waals surface area contributed by atoms with E-state index < -0.39 is 12.1 Å². The highest BCUT2D eigenvalue weighted by Crippen LogP contribution is 2.27. The minimum Gasteiger partial charge on any atom is -0.497 e. The van der Waals surface area contributed by atoms with Crippen molar-refractivity contribution >= 4 is 11.9 Å². The summed E-state index contributed by atoms with van der Waals surface area (Å²) in [5.41, 5.74) is 0.445. The fourth-order valence-electron chi connectivity index (χ4n) is 2.53. The van der Waals surface area contributed by atoms with E-state index in [-0.39, 0.29) is 18.9 Å². The molecule has 0 bridgehead atoms. The summed E-state index contributed by atoms with van der Waals surface area (Å²) in [5, 5.41) is 8.89. The Labute approximate surface area is 141 Å². The molecule has 1 atom stereocenters. The van der Waals surface area contributed by atoms with Gasteiger partial charge in [-0.3, -0.25) is 9.59 Å². The number of rotatable bonds is 7. The van der Waals surface area contributed by atoms with Crippen molar-refractivity contribution in [3.05, 3.63) is 23.8 Å². The third kappa shape index (κ3) is 4.61. The van der Waals surface area contributed by atoms with Crippen LogP contribution in [0.2, 0.25) is 0 Å². The minimum absolute atomic E-state index is 0.119. The van der Waals surface area contributed by atoms with Gasteiger partial charge in [0.05, 0.1) is 38.4 Å². The zero-order valence-electron chi connectivity index (χ0n) is 14.0. The number of nitrogens with zero attached hydrogens (tertiary/aromatic N) is 1. The van der Waals surface area contributed by atoms with E-state index in [2.05, 4.69) is 0 Å². The second-order valence-electron chi connectivity index (χ2n) is 5.55. The van der Waals surface area contributed by atoms with Crippen LogP contribution in [0.15, 0.2) is 18.2 Å². The van der Waals surface area contributed by atoms with Crippen LogP contribution in [0.4, 0.5) is 0 Å². The van der Waals surface area contributed by atoms with Crippen LogP contribution in [0.5, 0.6) is 11.5 Å². The van der Waals surface area contributed by atoms with Crippen molar-refractivity contribution in [2.75, 3.05) is 33.4 Å². The summed E-state index contributed by atoms with van der Waals surface area (Å²) < 4.78 is 16.3. The lowest BCUT2D eigenvalue weighted by Crippen LogP contribution is -2.46. The van der Waals surface area contributed by atoms with E-state index in [0.717, 1.165) is 6.42 Å². The van der Waals surface area contributed by atoms with Crippen molar-refractivity contribution in [2.24, 2.45) is 0 Å². The minimum atomic E-state index is -0.939. The van der Waals surface area contributed by atoms with Gasteiger partial charge >= 0.3 is 5.97 Å². The van der Waals surface area contributed by atoms with Gasteiger partial charge in [-0.25, -0.2) is 0 Å². The molecule has 1 aliphatic rings. The van der Waals surface area contributed by atoms with Gasteiger partial charge in [0.2, 0.25) is 0 Å². The number of aliphatic carboxylic acids is 1. The molecule has 1 heterocycles. The summed E-state index contributed by atoms with van der Waals surface area (Å²) in [6, 6.07) is 5.08. The molecule has 0 radical (unpaired) electrons. The quantitative estimate of drug-likeness (QED) is 0.816. The number of amides is 1. The molecule has 7 heteroatoms. The molecular formula is C17H23NO6. The maximum atomic E-state index is 12.8. The first-order valence-electron chi connectivity index (χ1n) is 7.98. The smallest absolute Gasteiger partial charge is 0.306 e. The van der Waals surface area contributed by atoms with Crippen molar-refractivity contribution in [3.63, 3.8) is 0 Å². The van der Waals surface area contributed by atoms with Crippen molar-refractivity contribution in [3.8, 4) is 11.5 Å². The lowest BCUT2D eigenvalue weighted by atomic mass is 10.1. The molecular weight excluding hydrogens is 314 g/mol. The van der Waals surface area contributed by atoms with E-state index in [4.69, 9.17) is 19.3 Å². The number of carboxylic acids is 1. The Hall–Kier alpha value is -2.28. The first-order valence-corrected chi connectivity index (χ1v) is 7.98. The number of methoxy groups -OCH3 is 1. The number of hydrogen-bond donors (Lipinski definition) is 1. The van der Waals surface area contributed by atoms with E-state index in [1.54, 1.807) is 30.2 Å². The van der Waals surface area contributed by atoms with Crippen LogP contribution < -0.4 is 9.47 Å². The Morgan fingerprint density at radius 2 is 2.21 bits per heavy atom. The SMILES string of the molecule is CCCOc1cc(OC)ccc1C(=O)N1CCOC(CC(=O)O)C1. The van der Waals surface area contributed by atoms with Crippen LogP contribution in [0, 0.1) is 0 Å². The Morgan fingerprint density at radius 1 is 1.42 bits per heavy atom. The van der Waals surface area contributed by atoms with Crippen LogP contribution in [-0.2, 0) is 9.53 Å². The largest absolute Gasteiger partial charge is 0.497 e. The maximum Gasteiger partial charge on any atom is 0.306 e. The second-order valence-corrected chi connectivity index (χ2v) is 5.55. The van der Waals surface area contributed by atoms with Crippen molar-refractivity contribution in [1.82, 2.24) is 4.90 Å². The molecule has 24 heavy (non-hydrogen) atoms. The molecule has 7 nitrogen and oxygen atoms in total. The van der Waals surface area contributed by atoms with Crippen molar-refractivity contribution in [1.29, 1.82) is 0 Å². The number of benzene rings is 1. The molecule has 132 valence electrons. The normalized spacial score (nSPS) is 17.4. The number of morpholine rings is 1. The van der Waals surface area contributed by atoms with Crippen molar-refractivity contribution < 1.29 is 28.9 Å². The molecule has 1 fully saturated rings. The standard InChI is InChI=1S/C17H23NO6/c1-3-7-24-15-9-12(22-2)4-5-14(15)17(21)18-6-8-23-13(11-18)10-16(19)20/h4-5,9,13H,3,6-8,10-11H2,1-2H3,(H,19,20). The highest BCUT2D eigenvalue weighted by atomic mass is 16.5. The Balaban J connectivity index is 2.16. The molecule has 0 aromatic heterocycles. The van der Waals surface area contributed by atoms with E-state index >= 15 is 0 Å². The molecule has 1 N–H and O–H groups in total.